The van der Waals surface area contributed by atoms with Gasteiger partial charge in [0.2, 0.25) is 0 Å². The molecule has 0 spiro atoms. The largest absolute Gasteiger partial charge is 0.405 e. The van der Waals surface area contributed by atoms with Gasteiger partial charge in [-0.2, -0.15) is 13.2 Å². The summed E-state index contributed by atoms with van der Waals surface area (Å²) >= 11 is 0. The molecule has 0 unspecified atom stereocenters. The van der Waals surface area contributed by atoms with E-state index < -0.39 is 12.7 Å². The van der Waals surface area contributed by atoms with Gasteiger partial charge in [0, 0.05) is 13.2 Å². The lowest BCUT2D eigenvalue weighted by molar-refractivity contribution is -0.119. The Morgan fingerprint density at radius 1 is 1.56 bits per heavy atom. The lowest BCUT2D eigenvalue weighted by Gasteiger charge is -2.21. The summed E-state index contributed by atoms with van der Waals surface area (Å²) in [6, 6.07) is 2.97. The number of alkyl halides is 3. The molecular formula is C9H11F3N4. The predicted octanol–water partition coefficient (Wildman–Crippen LogP) is 1.36. The number of anilines is 1. The highest BCUT2D eigenvalue weighted by atomic mass is 19.4. The number of hydrogen-bond acceptors (Lipinski definition) is 3. The molecule has 0 aliphatic rings. The van der Waals surface area contributed by atoms with E-state index in [1.54, 1.807) is 0 Å². The van der Waals surface area contributed by atoms with Crippen LogP contribution in [0.2, 0.25) is 0 Å². The third-order valence-electron chi connectivity index (χ3n) is 1.85. The first-order valence-corrected chi connectivity index (χ1v) is 4.38. The maximum Gasteiger partial charge on any atom is 0.405 e. The minimum Gasteiger partial charge on any atom is -0.384 e. The van der Waals surface area contributed by atoms with Crippen molar-refractivity contribution in [2.75, 3.05) is 18.5 Å². The van der Waals surface area contributed by atoms with Crippen LogP contribution in [0.4, 0.5) is 19.0 Å². The third kappa shape index (κ3) is 3.11. The van der Waals surface area contributed by atoms with Crippen molar-refractivity contribution in [2.45, 2.75) is 6.18 Å². The van der Waals surface area contributed by atoms with E-state index in [2.05, 4.69) is 4.98 Å². The fourth-order valence-electron chi connectivity index (χ4n) is 1.26. The topological polar surface area (TPSA) is 66.0 Å². The van der Waals surface area contributed by atoms with Gasteiger partial charge in [0.05, 0.1) is 5.56 Å². The highest BCUT2D eigenvalue weighted by Gasteiger charge is 2.30. The quantitative estimate of drug-likeness (QED) is 0.611. The third-order valence-corrected chi connectivity index (χ3v) is 1.85. The fraction of sp³-hybridized carbons (Fsp3) is 0.333. The van der Waals surface area contributed by atoms with Gasteiger partial charge < -0.3 is 10.6 Å². The highest BCUT2D eigenvalue weighted by molar-refractivity contribution is 5.99. The number of nitrogens with two attached hydrogens (primary N) is 1. The Hall–Kier alpha value is -1.79. The Balaban J connectivity index is 2.99. The zero-order chi connectivity index (χ0) is 12.3. The minimum absolute atomic E-state index is 0.0484. The van der Waals surface area contributed by atoms with Crippen molar-refractivity contribution in [2.24, 2.45) is 5.73 Å². The van der Waals surface area contributed by atoms with Crippen molar-refractivity contribution >= 4 is 11.7 Å². The molecule has 0 atom stereocenters. The molecule has 0 aromatic carbocycles. The van der Waals surface area contributed by atoms with Crippen LogP contribution >= 0.6 is 0 Å². The molecule has 0 aliphatic heterocycles. The number of amidine groups is 1. The summed E-state index contributed by atoms with van der Waals surface area (Å²) < 4.78 is 36.5. The Morgan fingerprint density at radius 3 is 2.69 bits per heavy atom. The summed E-state index contributed by atoms with van der Waals surface area (Å²) in [5, 5.41) is 7.23. The van der Waals surface area contributed by atoms with Gasteiger partial charge in [-0.25, -0.2) is 4.98 Å². The average molecular weight is 232 g/mol. The van der Waals surface area contributed by atoms with E-state index in [0.29, 0.717) is 0 Å². The Kier molecular flexibility index (Phi) is 3.36. The van der Waals surface area contributed by atoms with Crippen LogP contribution in [0.3, 0.4) is 0 Å². The zero-order valence-electron chi connectivity index (χ0n) is 8.54. The molecule has 0 bridgehead atoms. The van der Waals surface area contributed by atoms with Crippen LogP contribution in [-0.2, 0) is 0 Å². The van der Waals surface area contributed by atoms with Crippen LogP contribution in [0.1, 0.15) is 5.56 Å². The van der Waals surface area contributed by atoms with Crippen LogP contribution in [0.25, 0.3) is 0 Å². The fourth-order valence-corrected chi connectivity index (χ4v) is 1.26. The van der Waals surface area contributed by atoms with Crippen LogP contribution in [-0.4, -0.2) is 30.6 Å². The van der Waals surface area contributed by atoms with Crippen LogP contribution in [0.15, 0.2) is 18.3 Å². The van der Waals surface area contributed by atoms with Crippen LogP contribution in [0.5, 0.6) is 0 Å². The van der Waals surface area contributed by atoms with Gasteiger partial charge in [0.25, 0.3) is 0 Å². The number of nitrogens with one attached hydrogen (secondary N) is 1. The summed E-state index contributed by atoms with van der Waals surface area (Å²) in [4.78, 5) is 4.70. The lowest BCUT2D eigenvalue weighted by Crippen LogP contribution is -2.33. The summed E-state index contributed by atoms with van der Waals surface area (Å²) in [5.74, 6) is -0.260. The zero-order valence-corrected chi connectivity index (χ0v) is 8.54. The summed E-state index contributed by atoms with van der Waals surface area (Å²) in [6.07, 6.45) is -2.96. The van der Waals surface area contributed by atoms with Gasteiger partial charge in [-0.3, -0.25) is 5.41 Å². The second-order valence-corrected chi connectivity index (χ2v) is 3.26. The van der Waals surface area contributed by atoms with Gasteiger partial charge in [-0.1, -0.05) is 0 Å². The number of nitrogens with zero attached hydrogens (tertiary/aromatic N) is 2. The average Bonchev–Trinajstić information content (AvgIpc) is 2.15. The molecular weight excluding hydrogens is 221 g/mol. The SMILES string of the molecule is CN(CC(F)(F)F)c1ncccc1C(=N)N. The molecule has 16 heavy (non-hydrogen) atoms. The lowest BCUT2D eigenvalue weighted by atomic mass is 10.2. The summed E-state index contributed by atoms with van der Waals surface area (Å²) in [6.45, 7) is -1.13. The monoisotopic (exact) mass is 232 g/mol. The van der Waals surface area contributed by atoms with Gasteiger partial charge in [0.15, 0.2) is 0 Å². The number of pyridine rings is 1. The van der Waals surface area contributed by atoms with Gasteiger partial charge >= 0.3 is 6.18 Å². The molecule has 7 heteroatoms. The molecule has 0 fully saturated rings. The van der Waals surface area contributed by atoms with E-state index in [1.165, 1.54) is 25.4 Å². The van der Waals surface area contributed by atoms with Gasteiger partial charge in [0.1, 0.15) is 18.2 Å². The van der Waals surface area contributed by atoms with E-state index in [0.717, 1.165) is 4.90 Å². The number of halogens is 3. The minimum atomic E-state index is -4.32. The molecule has 88 valence electrons. The first-order chi connectivity index (χ1) is 7.31. The van der Waals surface area contributed by atoms with Gasteiger partial charge in [-0.05, 0) is 12.1 Å². The molecule has 4 nitrogen and oxygen atoms in total. The second-order valence-electron chi connectivity index (χ2n) is 3.26. The van der Waals surface area contributed by atoms with E-state index in [-0.39, 0.29) is 17.2 Å². The van der Waals surface area contributed by atoms with Crippen molar-refractivity contribution in [3.63, 3.8) is 0 Å². The molecule has 3 N–H and O–H groups in total. The first-order valence-electron chi connectivity index (χ1n) is 4.38. The molecule has 0 amide bonds. The van der Waals surface area contributed by atoms with Crippen LogP contribution in [0, 0.1) is 5.41 Å². The smallest absolute Gasteiger partial charge is 0.384 e. The molecule has 1 aromatic rings. The maximum absolute atomic E-state index is 12.2. The molecule has 1 aromatic heterocycles. The van der Waals surface area contributed by atoms with Crippen molar-refractivity contribution in [1.82, 2.24) is 4.98 Å². The van der Waals surface area contributed by atoms with E-state index in [9.17, 15) is 13.2 Å². The molecule has 0 saturated heterocycles. The van der Waals surface area contributed by atoms with E-state index in [1.807, 2.05) is 0 Å². The van der Waals surface area contributed by atoms with Crippen LogP contribution < -0.4 is 10.6 Å². The number of nitrogen functional groups attached to an aromatic ring is 1. The van der Waals surface area contributed by atoms with E-state index >= 15 is 0 Å². The van der Waals surface area contributed by atoms with Crippen molar-refractivity contribution in [1.29, 1.82) is 5.41 Å². The number of hydrogen-bond donors (Lipinski definition) is 2. The van der Waals surface area contributed by atoms with Crippen molar-refractivity contribution in [3.8, 4) is 0 Å². The standard InChI is InChI=1S/C9H11F3N4/c1-16(5-9(10,11)12)8-6(7(13)14)3-2-4-15-8/h2-4H,5H2,1H3,(H3,13,14). The molecule has 0 saturated carbocycles. The normalized spacial score (nSPS) is 11.2. The number of aromatic nitrogens is 1. The van der Waals surface area contributed by atoms with E-state index in [4.69, 9.17) is 11.1 Å². The Labute approximate surface area is 90.4 Å². The molecule has 0 radical (unpaired) electrons. The Bertz CT molecular complexity index is 389. The Morgan fingerprint density at radius 2 is 2.19 bits per heavy atom. The van der Waals surface area contributed by atoms with Gasteiger partial charge in [-0.15, -0.1) is 0 Å². The first kappa shape index (κ1) is 12.3. The second kappa shape index (κ2) is 4.38. The van der Waals surface area contributed by atoms with Crippen molar-refractivity contribution in [3.05, 3.63) is 23.9 Å². The maximum atomic E-state index is 12.2. The summed E-state index contributed by atoms with van der Waals surface area (Å²) in [5.41, 5.74) is 5.44. The summed E-state index contributed by atoms with van der Waals surface area (Å²) in [7, 11) is 1.25. The predicted molar refractivity (Wildman–Crippen MR) is 54.6 cm³/mol. The van der Waals surface area contributed by atoms with Crippen molar-refractivity contribution < 1.29 is 13.2 Å². The highest BCUT2D eigenvalue weighted by Crippen LogP contribution is 2.21. The molecule has 1 heterocycles. The molecule has 0 aliphatic carbocycles. The molecule has 1 rings (SSSR count). The number of rotatable bonds is 3.